The van der Waals surface area contributed by atoms with Crippen molar-refractivity contribution in [2.24, 2.45) is 0 Å². The van der Waals surface area contributed by atoms with E-state index in [1.807, 2.05) is 60.7 Å². The van der Waals surface area contributed by atoms with Crippen molar-refractivity contribution in [3.63, 3.8) is 0 Å². The van der Waals surface area contributed by atoms with Gasteiger partial charge in [-0.15, -0.1) is 0 Å². The van der Waals surface area contributed by atoms with Crippen LogP contribution in [0.25, 0.3) is 0 Å². The number of ether oxygens (including phenoxy) is 1. The second-order valence-electron chi connectivity index (χ2n) is 6.03. The first kappa shape index (κ1) is 17.2. The summed E-state index contributed by atoms with van der Waals surface area (Å²) in [6.45, 7) is 1.74. The molecule has 1 unspecified atom stereocenters. The number of rotatable bonds is 6. The Kier molecular flexibility index (Phi) is 5.17. The van der Waals surface area contributed by atoms with Crippen LogP contribution in [0, 0.1) is 0 Å². The summed E-state index contributed by atoms with van der Waals surface area (Å²) in [7, 11) is 1.66. The molecule has 3 rings (SSSR count). The highest BCUT2D eigenvalue weighted by Gasteiger charge is 2.37. The summed E-state index contributed by atoms with van der Waals surface area (Å²) in [5.41, 5.74) is 2.49. The quantitative estimate of drug-likeness (QED) is 0.531. The molecule has 0 amide bonds. The number of aliphatic hydroxyl groups is 1. The maximum atomic E-state index is 10.2. The Labute approximate surface area is 148 Å². The van der Waals surface area contributed by atoms with E-state index in [9.17, 15) is 5.11 Å². The summed E-state index contributed by atoms with van der Waals surface area (Å²) in [4.78, 5) is 0. The molecule has 0 radical (unpaired) electrons. The predicted molar refractivity (Wildman–Crippen MR) is 101 cm³/mol. The molecule has 25 heavy (non-hydrogen) atoms. The van der Waals surface area contributed by atoms with Crippen LogP contribution in [0.4, 0.5) is 0 Å². The van der Waals surface area contributed by atoms with Crippen LogP contribution in [-0.2, 0) is 5.54 Å². The van der Waals surface area contributed by atoms with Crippen LogP contribution in [0.5, 0.6) is 5.75 Å². The first-order chi connectivity index (χ1) is 12.2. The van der Waals surface area contributed by atoms with E-state index in [2.05, 4.69) is 29.6 Å². The van der Waals surface area contributed by atoms with Gasteiger partial charge in [-0.2, -0.15) is 0 Å². The van der Waals surface area contributed by atoms with E-state index in [1.165, 1.54) is 0 Å². The summed E-state index contributed by atoms with van der Waals surface area (Å²) in [5.74, 6) is 0.802. The van der Waals surface area contributed by atoms with Crippen LogP contribution in [0.15, 0.2) is 84.9 Å². The molecule has 0 bridgehead atoms. The van der Waals surface area contributed by atoms with Crippen molar-refractivity contribution in [3.8, 4) is 5.75 Å². The summed E-state index contributed by atoms with van der Waals surface area (Å²) in [6.07, 6.45) is -0.692. The molecule has 1 atom stereocenters. The standard InChI is InChI=1S/C22H23NO2/c1-17(24)23-22(18-9-5-3-6-10-18,19-11-7-4-8-12-19)20-13-15-21(25-2)16-14-20/h3-17,23-24H,1-2H3. The van der Waals surface area contributed by atoms with Crippen molar-refractivity contribution < 1.29 is 9.84 Å². The van der Waals surface area contributed by atoms with Gasteiger partial charge in [0.05, 0.1) is 12.6 Å². The van der Waals surface area contributed by atoms with Gasteiger partial charge in [-0.25, -0.2) is 0 Å². The maximum Gasteiger partial charge on any atom is 0.118 e. The van der Waals surface area contributed by atoms with Gasteiger partial charge >= 0.3 is 0 Å². The molecule has 0 fully saturated rings. The molecule has 3 aromatic rings. The summed E-state index contributed by atoms with van der Waals surface area (Å²) < 4.78 is 5.30. The van der Waals surface area contributed by atoms with Crippen molar-refractivity contribution in [2.75, 3.05) is 7.11 Å². The van der Waals surface area contributed by atoms with Crippen LogP contribution >= 0.6 is 0 Å². The molecule has 3 aromatic carbocycles. The topological polar surface area (TPSA) is 41.5 Å². The molecule has 0 heterocycles. The van der Waals surface area contributed by atoms with Gasteiger partial charge in [0.25, 0.3) is 0 Å². The SMILES string of the molecule is COc1ccc(C(NC(C)O)(c2ccccc2)c2ccccc2)cc1. The Bertz CT molecular complexity index is 744. The number of benzene rings is 3. The second-order valence-corrected chi connectivity index (χ2v) is 6.03. The van der Waals surface area contributed by atoms with Gasteiger partial charge in [-0.3, -0.25) is 5.32 Å². The highest BCUT2D eigenvalue weighted by atomic mass is 16.5. The van der Waals surface area contributed by atoms with Gasteiger partial charge < -0.3 is 9.84 Å². The highest BCUT2D eigenvalue weighted by molar-refractivity contribution is 5.50. The molecule has 0 spiro atoms. The summed E-state index contributed by atoms with van der Waals surface area (Å²) in [5, 5.41) is 13.6. The first-order valence-corrected chi connectivity index (χ1v) is 8.38. The lowest BCUT2D eigenvalue weighted by Crippen LogP contribution is -2.48. The van der Waals surface area contributed by atoms with E-state index >= 15 is 0 Å². The minimum atomic E-state index is -0.692. The Balaban J connectivity index is 2.27. The molecule has 0 saturated heterocycles. The third-order valence-electron chi connectivity index (χ3n) is 4.36. The molecule has 0 saturated carbocycles. The first-order valence-electron chi connectivity index (χ1n) is 8.38. The van der Waals surface area contributed by atoms with E-state index in [1.54, 1.807) is 14.0 Å². The minimum absolute atomic E-state index is 0.664. The number of hydrogen-bond donors (Lipinski definition) is 2. The molecule has 128 valence electrons. The third kappa shape index (κ3) is 3.43. The zero-order chi connectivity index (χ0) is 17.7. The Morgan fingerprint density at radius 2 is 1.20 bits per heavy atom. The smallest absolute Gasteiger partial charge is 0.118 e. The van der Waals surface area contributed by atoms with Crippen molar-refractivity contribution >= 4 is 0 Å². The number of methoxy groups -OCH3 is 1. The zero-order valence-corrected chi connectivity index (χ0v) is 14.5. The van der Waals surface area contributed by atoms with Crippen LogP contribution in [0.2, 0.25) is 0 Å². The highest BCUT2D eigenvalue weighted by Crippen LogP contribution is 2.37. The van der Waals surface area contributed by atoms with Crippen molar-refractivity contribution in [3.05, 3.63) is 102 Å². The predicted octanol–water partition coefficient (Wildman–Crippen LogP) is 3.92. The molecule has 3 heteroatoms. The second kappa shape index (κ2) is 7.51. The summed E-state index contributed by atoms with van der Waals surface area (Å²) >= 11 is 0. The Morgan fingerprint density at radius 3 is 1.60 bits per heavy atom. The molecule has 0 aliphatic carbocycles. The normalized spacial score (nSPS) is 12.6. The van der Waals surface area contributed by atoms with Crippen LogP contribution in [0.3, 0.4) is 0 Å². The fraction of sp³-hybridized carbons (Fsp3) is 0.182. The van der Waals surface area contributed by atoms with E-state index in [0.717, 1.165) is 22.4 Å². The van der Waals surface area contributed by atoms with E-state index in [-0.39, 0.29) is 0 Å². The van der Waals surface area contributed by atoms with Crippen molar-refractivity contribution in [1.82, 2.24) is 5.32 Å². The molecule has 2 N–H and O–H groups in total. The van der Waals surface area contributed by atoms with Crippen LogP contribution in [-0.4, -0.2) is 18.4 Å². The monoisotopic (exact) mass is 333 g/mol. The van der Waals surface area contributed by atoms with Crippen LogP contribution in [0.1, 0.15) is 23.6 Å². The fourth-order valence-electron chi connectivity index (χ4n) is 3.28. The molecular formula is C22H23NO2. The lowest BCUT2D eigenvalue weighted by atomic mass is 9.77. The number of aliphatic hydroxyl groups excluding tert-OH is 1. The maximum absolute atomic E-state index is 10.2. The summed E-state index contributed by atoms with van der Waals surface area (Å²) in [6, 6.07) is 28.3. The number of nitrogens with one attached hydrogen (secondary N) is 1. The third-order valence-corrected chi connectivity index (χ3v) is 4.36. The van der Waals surface area contributed by atoms with Crippen molar-refractivity contribution in [2.45, 2.75) is 18.7 Å². The molecule has 3 nitrogen and oxygen atoms in total. The lowest BCUT2D eigenvalue weighted by molar-refractivity contribution is 0.129. The van der Waals surface area contributed by atoms with Gasteiger partial charge in [0.15, 0.2) is 0 Å². The Morgan fingerprint density at radius 1 is 0.760 bits per heavy atom. The largest absolute Gasteiger partial charge is 0.497 e. The molecule has 0 aliphatic rings. The fourth-order valence-corrected chi connectivity index (χ4v) is 3.28. The van der Waals surface area contributed by atoms with Gasteiger partial charge in [0.2, 0.25) is 0 Å². The Hall–Kier alpha value is -2.62. The van der Waals surface area contributed by atoms with E-state index in [4.69, 9.17) is 4.74 Å². The van der Waals surface area contributed by atoms with Crippen LogP contribution < -0.4 is 10.1 Å². The van der Waals surface area contributed by atoms with Gasteiger partial charge in [0.1, 0.15) is 12.0 Å². The molecule has 0 aromatic heterocycles. The van der Waals surface area contributed by atoms with Gasteiger partial charge in [0, 0.05) is 0 Å². The minimum Gasteiger partial charge on any atom is -0.497 e. The molecule has 0 aliphatic heterocycles. The van der Waals surface area contributed by atoms with E-state index < -0.39 is 11.8 Å². The van der Waals surface area contributed by atoms with Crippen molar-refractivity contribution in [1.29, 1.82) is 0 Å². The van der Waals surface area contributed by atoms with Gasteiger partial charge in [-0.1, -0.05) is 72.8 Å². The molecular weight excluding hydrogens is 310 g/mol. The lowest BCUT2D eigenvalue weighted by Gasteiger charge is -2.38. The van der Waals surface area contributed by atoms with E-state index in [0.29, 0.717) is 0 Å². The average Bonchev–Trinajstić information content (AvgIpc) is 2.67. The number of hydrogen-bond acceptors (Lipinski definition) is 3. The zero-order valence-electron chi connectivity index (χ0n) is 14.5. The van der Waals surface area contributed by atoms with Gasteiger partial charge in [-0.05, 0) is 35.7 Å². The average molecular weight is 333 g/mol.